The van der Waals surface area contributed by atoms with Crippen molar-refractivity contribution in [3.63, 3.8) is 0 Å². The van der Waals surface area contributed by atoms with Crippen molar-refractivity contribution in [2.45, 2.75) is 19.8 Å². The summed E-state index contributed by atoms with van der Waals surface area (Å²) in [5, 5.41) is 4.10. The normalized spacial score (nSPS) is 14.2. The van der Waals surface area contributed by atoms with Crippen LogP contribution >= 0.6 is 0 Å². The summed E-state index contributed by atoms with van der Waals surface area (Å²) in [6.07, 6.45) is 1.60. The number of amides is 1. The lowest BCUT2D eigenvalue weighted by Crippen LogP contribution is -2.49. The van der Waals surface area contributed by atoms with Crippen molar-refractivity contribution < 1.29 is 9.32 Å². The minimum absolute atomic E-state index is 0.184. The highest BCUT2D eigenvalue weighted by atomic mass is 16.5. The van der Waals surface area contributed by atoms with Gasteiger partial charge in [0.05, 0.1) is 0 Å². The molecule has 5 rings (SSSR count). The van der Waals surface area contributed by atoms with E-state index in [0.29, 0.717) is 36.9 Å². The summed E-state index contributed by atoms with van der Waals surface area (Å²) in [7, 11) is 0. The number of nitrogens with zero attached hydrogens (tertiary/aromatic N) is 4. The van der Waals surface area contributed by atoms with Crippen molar-refractivity contribution in [2.24, 2.45) is 0 Å². The maximum Gasteiger partial charge on any atom is 0.261 e. The van der Waals surface area contributed by atoms with Crippen molar-refractivity contribution >= 4 is 5.91 Å². The van der Waals surface area contributed by atoms with Crippen LogP contribution in [0.2, 0.25) is 0 Å². The van der Waals surface area contributed by atoms with Gasteiger partial charge in [-0.05, 0) is 37.6 Å². The summed E-state index contributed by atoms with van der Waals surface area (Å²) in [4.78, 5) is 37.0. The number of carbonyl (C=O) groups excluding carboxylic acids is 1. The predicted octanol–water partition coefficient (Wildman–Crippen LogP) is 3.79. The van der Waals surface area contributed by atoms with Gasteiger partial charge in [-0.1, -0.05) is 65.3 Å². The molecule has 2 aromatic carbocycles. The van der Waals surface area contributed by atoms with E-state index in [4.69, 9.17) is 4.52 Å². The van der Waals surface area contributed by atoms with E-state index in [9.17, 15) is 9.59 Å². The Morgan fingerprint density at radius 1 is 0.944 bits per heavy atom. The van der Waals surface area contributed by atoms with Gasteiger partial charge in [-0.25, -0.2) is 0 Å². The Bertz CT molecular complexity index is 1370. The summed E-state index contributed by atoms with van der Waals surface area (Å²) in [5.74, 6) is 1.03. The molecule has 1 fully saturated rings. The largest absolute Gasteiger partial charge is 0.339 e. The maximum atomic E-state index is 13.0. The van der Waals surface area contributed by atoms with Crippen LogP contribution in [0, 0.1) is 6.92 Å². The van der Waals surface area contributed by atoms with Crippen molar-refractivity contribution in [3.05, 3.63) is 94.1 Å². The molecule has 4 aromatic rings. The minimum Gasteiger partial charge on any atom is -0.339 e. The van der Waals surface area contributed by atoms with Gasteiger partial charge in [0.25, 0.3) is 11.5 Å². The topological polar surface area (TPSA) is 95.3 Å². The quantitative estimate of drug-likeness (QED) is 0.430. The van der Waals surface area contributed by atoms with Gasteiger partial charge >= 0.3 is 0 Å². The molecule has 1 aliphatic rings. The van der Waals surface area contributed by atoms with E-state index >= 15 is 0 Å². The molecule has 0 unspecified atom stereocenters. The minimum atomic E-state index is -0.353. The molecule has 184 valence electrons. The van der Waals surface area contributed by atoms with Crippen LogP contribution in [-0.4, -0.2) is 63.6 Å². The van der Waals surface area contributed by atoms with Gasteiger partial charge in [0, 0.05) is 43.9 Å². The molecule has 1 saturated heterocycles. The number of hydrogen-bond donors (Lipinski definition) is 1. The lowest BCUT2D eigenvalue weighted by Gasteiger charge is -2.34. The van der Waals surface area contributed by atoms with Crippen LogP contribution in [0.5, 0.6) is 0 Å². The summed E-state index contributed by atoms with van der Waals surface area (Å²) in [5.41, 5.74) is 3.59. The molecule has 8 nitrogen and oxygen atoms in total. The van der Waals surface area contributed by atoms with E-state index in [1.54, 1.807) is 17.0 Å². The summed E-state index contributed by atoms with van der Waals surface area (Å²) in [6, 6.07) is 21.1. The van der Waals surface area contributed by atoms with Crippen LogP contribution in [-0.2, 0) is 6.42 Å². The lowest BCUT2D eigenvalue weighted by atomic mass is 10.1. The Kier molecular flexibility index (Phi) is 7.04. The first-order valence-corrected chi connectivity index (χ1v) is 12.3. The Morgan fingerprint density at radius 2 is 1.69 bits per heavy atom. The fourth-order valence-corrected chi connectivity index (χ4v) is 4.40. The lowest BCUT2D eigenvalue weighted by molar-refractivity contribution is 0.0634. The maximum absolute atomic E-state index is 13.0. The first-order chi connectivity index (χ1) is 17.6. The van der Waals surface area contributed by atoms with Crippen LogP contribution in [0.4, 0.5) is 0 Å². The Morgan fingerprint density at radius 3 is 2.42 bits per heavy atom. The second-order valence-corrected chi connectivity index (χ2v) is 9.10. The van der Waals surface area contributed by atoms with Crippen molar-refractivity contribution in [1.82, 2.24) is 24.9 Å². The predicted molar refractivity (Wildman–Crippen MR) is 138 cm³/mol. The molecular weight excluding hydrogens is 454 g/mol. The molecule has 36 heavy (non-hydrogen) atoms. The summed E-state index contributed by atoms with van der Waals surface area (Å²) >= 11 is 0. The fraction of sp³-hybridized carbons (Fsp3) is 0.286. The highest BCUT2D eigenvalue weighted by Crippen LogP contribution is 2.18. The molecule has 8 heteroatoms. The summed E-state index contributed by atoms with van der Waals surface area (Å²) < 4.78 is 5.42. The SMILES string of the molecule is Cc1ccc(-c2noc(CCCN3CCN(C(=O)c4ccc(-c5ccccc5)[nH]c4=O)CC3)n2)cc1. The van der Waals surface area contributed by atoms with E-state index in [2.05, 4.69) is 20.0 Å². The number of piperazine rings is 1. The van der Waals surface area contributed by atoms with Crippen molar-refractivity contribution in [1.29, 1.82) is 0 Å². The van der Waals surface area contributed by atoms with Gasteiger partial charge in [0.2, 0.25) is 11.7 Å². The highest BCUT2D eigenvalue weighted by Gasteiger charge is 2.24. The molecule has 0 atom stereocenters. The Labute approximate surface area is 209 Å². The average Bonchev–Trinajstić information content (AvgIpc) is 3.38. The molecule has 0 saturated carbocycles. The number of nitrogens with one attached hydrogen (secondary N) is 1. The van der Waals surface area contributed by atoms with E-state index in [0.717, 1.165) is 37.2 Å². The first kappa shape index (κ1) is 23.7. The number of aromatic nitrogens is 3. The average molecular weight is 484 g/mol. The van der Waals surface area contributed by atoms with Gasteiger partial charge < -0.3 is 14.4 Å². The molecule has 0 radical (unpaired) electrons. The van der Waals surface area contributed by atoms with E-state index in [1.807, 2.05) is 61.5 Å². The Hall–Kier alpha value is -4.04. The van der Waals surface area contributed by atoms with Crippen molar-refractivity contribution in [3.8, 4) is 22.6 Å². The zero-order chi connectivity index (χ0) is 24.9. The van der Waals surface area contributed by atoms with Gasteiger partial charge in [0.1, 0.15) is 5.56 Å². The molecule has 0 spiro atoms. The van der Waals surface area contributed by atoms with Gasteiger partial charge in [0.15, 0.2) is 0 Å². The third-order valence-electron chi connectivity index (χ3n) is 6.53. The number of rotatable bonds is 7. The molecule has 2 aromatic heterocycles. The number of pyridine rings is 1. The van der Waals surface area contributed by atoms with Crippen LogP contribution in [0.3, 0.4) is 0 Å². The third kappa shape index (κ3) is 5.44. The van der Waals surface area contributed by atoms with Gasteiger partial charge in [-0.2, -0.15) is 4.98 Å². The fourth-order valence-electron chi connectivity index (χ4n) is 4.40. The standard InChI is InChI=1S/C28H29N5O3/c1-20-9-11-22(12-10-20)26-30-25(36-31-26)8-5-15-32-16-18-33(19-17-32)28(35)23-13-14-24(29-27(23)34)21-6-3-2-4-7-21/h2-4,6-7,9-14H,5,8,15-19H2,1H3,(H,29,34). The van der Waals surface area contributed by atoms with Crippen LogP contribution in [0.15, 0.2) is 76.0 Å². The number of aromatic amines is 1. The van der Waals surface area contributed by atoms with E-state index in [-0.39, 0.29) is 17.0 Å². The molecular formula is C28H29N5O3. The monoisotopic (exact) mass is 483 g/mol. The zero-order valence-electron chi connectivity index (χ0n) is 20.3. The van der Waals surface area contributed by atoms with E-state index in [1.165, 1.54) is 5.56 Å². The second-order valence-electron chi connectivity index (χ2n) is 9.10. The second kappa shape index (κ2) is 10.7. The third-order valence-corrected chi connectivity index (χ3v) is 6.53. The van der Waals surface area contributed by atoms with Crippen LogP contribution in [0.25, 0.3) is 22.6 Å². The molecule has 1 N–H and O–H groups in total. The zero-order valence-corrected chi connectivity index (χ0v) is 20.3. The highest BCUT2D eigenvalue weighted by molar-refractivity contribution is 5.94. The molecule has 1 aliphatic heterocycles. The van der Waals surface area contributed by atoms with Crippen LogP contribution in [0.1, 0.15) is 28.2 Å². The molecule has 1 amide bonds. The number of H-pyrrole nitrogens is 1. The number of aryl methyl sites for hydroxylation is 2. The van der Waals surface area contributed by atoms with Crippen LogP contribution < -0.4 is 5.56 Å². The number of benzene rings is 2. The summed E-state index contributed by atoms with van der Waals surface area (Å²) in [6.45, 7) is 5.66. The number of carbonyl (C=O) groups is 1. The molecule has 0 aliphatic carbocycles. The van der Waals surface area contributed by atoms with Crippen molar-refractivity contribution in [2.75, 3.05) is 32.7 Å². The number of hydrogen-bond acceptors (Lipinski definition) is 6. The first-order valence-electron chi connectivity index (χ1n) is 12.3. The smallest absolute Gasteiger partial charge is 0.261 e. The Balaban J connectivity index is 1.10. The van der Waals surface area contributed by atoms with Gasteiger partial charge in [-0.15, -0.1) is 0 Å². The van der Waals surface area contributed by atoms with Gasteiger partial charge in [-0.3, -0.25) is 14.5 Å². The van der Waals surface area contributed by atoms with E-state index < -0.39 is 0 Å². The molecule has 0 bridgehead atoms. The molecule has 3 heterocycles.